The fraction of sp³-hybridized carbons (Fsp3) is 0.533. The van der Waals surface area contributed by atoms with E-state index in [9.17, 15) is 9.90 Å². The van der Waals surface area contributed by atoms with Crippen molar-refractivity contribution in [1.29, 1.82) is 0 Å². The Bertz CT molecular complexity index is 470. The Morgan fingerprint density at radius 3 is 2.79 bits per heavy atom. The Morgan fingerprint density at radius 2 is 2.11 bits per heavy atom. The van der Waals surface area contributed by atoms with Crippen LogP contribution in [0.1, 0.15) is 29.6 Å². The molecule has 0 unspecified atom stereocenters. The first-order chi connectivity index (χ1) is 9.24. The molecule has 0 radical (unpaired) electrons. The van der Waals surface area contributed by atoms with E-state index in [4.69, 9.17) is 4.74 Å². The third-order valence-electron chi connectivity index (χ3n) is 3.74. The average molecular weight is 261 g/mol. The largest absolute Gasteiger partial charge is 0.492 e. The summed E-state index contributed by atoms with van der Waals surface area (Å²) in [5.41, 5.74) is 0.609. The van der Waals surface area contributed by atoms with Gasteiger partial charge in [-0.1, -0.05) is 12.1 Å². The van der Waals surface area contributed by atoms with Crippen LogP contribution in [-0.4, -0.2) is 41.7 Å². The predicted octanol–water partition coefficient (Wildman–Crippen LogP) is 1.68. The number of rotatable bonds is 4. The highest BCUT2D eigenvalue weighted by molar-refractivity contribution is 5.97. The van der Waals surface area contributed by atoms with Gasteiger partial charge in [-0.25, -0.2) is 0 Å². The maximum Gasteiger partial charge on any atom is 0.257 e. The lowest BCUT2D eigenvalue weighted by Gasteiger charge is -2.18. The maximum absolute atomic E-state index is 12.4. The molecule has 1 aromatic rings. The summed E-state index contributed by atoms with van der Waals surface area (Å²) in [6, 6.07) is 7.39. The van der Waals surface area contributed by atoms with Crippen LogP contribution in [0.15, 0.2) is 24.3 Å². The quantitative estimate of drug-likeness (QED) is 0.897. The van der Waals surface area contributed by atoms with Crippen molar-refractivity contribution >= 4 is 5.91 Å². The number of hydrogen-bond acceptors (Lipinski definition) is 3. The minimum atomic E-state index is -0.386. The molecule has 2 aliphatic rings. The van der Waals surface area contributed by atoms with E-state index in [-0.39, 0.29) is 12.0 Å². The van der Waals surface area contributed by atoms with Crippen molar-refractivity contribution in [3.8, 4) is 5.75 Å². The normalized spacial score (nSPS) is 22.6. The smallest absolute Gasteiger partial charge is 0.257 e. The Hall–Kier alpha value is -1.55. The van der Waals surface area contributed by atoms with E-state index in [0.717, 1.165) is 0 Å². The van der Waals surface area contributed by atoms with Crippen LogP contribution < -0.4 is 4.74 Å². The first-order valence-electron chi connectivity index (χ1n) is 6.93. The summed E-state index contributed by atoms with van der Waals surface area (Å²) in [7, 11) is 0. The highest BCUT2D eigenvalue weighted by atomic mass is 16.5. The highest BCUT2D eigenvalue weighted by Crippen LogP contribution is 2.30. The SMILES string of the molecule is O=C(c1ccccc1OCC1CC1)N1CC[C@@H](O)C1. The van der Waals surface area contributed by atoms with Crippen LogP contribution in [0.4, 0.5) is 0 Å². The topological polar surface area (TPSA) is 49.8 Å². The fourth-order valence-electron chi connectivity index (χ4n) is 2.36. The molecular formula is C15H19NO3. The summed E-state index contributed by atoms with van der Waals surface area (Å²) in [6.07, 6.45) is 2.74. The highest BCUT2D eigenvalue weighted by Gasteiger charge is 2.28. The number of β-amino-alcohol motifs (C(OH)–C–C–N with tert-alkyl or cyclic N) is 1. The Labute approximate surface area is 113 Å². The third kappa shape index (κ3) is 2.89. The lowest BCUT2D eigenvalue weighted by molar-refractivity contribution is 0.0760. The molecule has 1 aliphatic carbocycles. The molecule has 1 aromatic carbocycles. The number of ether oxygens (including phenoxy) is 1. The number of carbonyl (C=O) groups excluding carboxylic acids is 1. The van der Waals surface area contributed by atoms with E-state index in [0.29, 0.717) is 43.3 Å². The van der Waals surface area contributed by atoms with Crippen LogP contribution in [-0.2, 0) is 0 Å². The minimum Gasteiger partial charge on any atom is -0.492 e. The number of para-hydroxylation sites is 1. The first-order valence-corrected chi connectivity index (χ1v) is 6.93. The van der Waals surface area contributed by atoms with E-state index < -0.39 is 0 Å². The van der Waals surface area contributed by atoms with Gasteiger partial charge in [-0.05, 0) is 37.3 Å². The molecule has 1 saturated heterocycles. The van der Waals surface area contributed by atoms with Crippen molar-refractivity contribution in [2.75, 3.05) is 19.7 Å². The van der Waals surface area contributed by atoms with E-state index >= 15 is 0 Å². The number of amides is 1. The molecule has 4 heteroatoms. The van der Waals surface area contributed by atoms with Crippen molar-refractivity contribution in [1.82, 2.24) is 4.90 Å². The molecule has 102 valence electrons. The summed E-state index contributed by atoms with van der Waals surface area (Å²) in [4.78, 5) is 14.1. The van der Waals surface area contributed by atoms with Crippen LogP contribution >= 0.6 is 0 Å². The lowest BCUT2D eigenvalue weighted by atomic mass is 10.1. The summed E-state index contributed by atoms with van der Waals surface area (Å²) in [6.45, 7) is 1.75. The Balaban J connectivity index is 1.72. The molecule has 2 fully saturated rings. The monoisotopic (exact) mass is 261 g/mol. The summed E-state index contributed by atoms with van der Waals surface area (Å²) in [5.74, 6) is 1.29. The van der Waals surface area contributed by atoms with Crippen LogP contribution in [0.3, 0.4) is 0 Å². The maximum atomic E-state index is 12.4. The summed E-state index contributed by atoms with van der Waals surface area (Å²) in [5, 5.41) is 9.52. The molecule has 0 bridgehead atoms. The average Bonchev–Trinajstić information content (AvgIpc) is 3.16. The molecule has 0 aromatic heterocycles. The molecule has 1 amide bonds. The number of aliphatic hydroxyl groups excluding tert-OH is 1. The van der Waals surface area contributed by atoms with Crippen LogP contribution in [0, 0.1) is 5.92 Å². The minimum absolute atomic E-state index is 0.0389. The van der Waals surface area contributed by atoms with Crippen molar-refractivity contribution in [3.05, 3.63) is 29.8 Å². The van der Waals surface area contributed by atoms with E-state index in [2.05, 4.69) is 0 Å². The molecular weight excluding hydrogens is 242 g/mol. The van der Waals surface area contributed by atoms with Gasteiger partial charge in [0.2, 0.25) is 0 Å². The molecule has 3 rings (SSSR count). The molecule has 1 aliphatic heterocycles. The molecule has 1 saturated carbocycles. The van der Waals surface area contributed by atoms with Gasteiger partial charge in [0.1, 0.15) is 5.75 Å². The lowest BCUT2D eigenvalue weighted by Crippen LogP contribution is -2.29. The van der Waals surface area contributed by atoms with Gasteiger partial charge >= 0.3 is 0 Å². The van der Waals surface area contributed by atoms with Crippen molar-refractivity contribution in [2.45, 2.75) is 25.4 Å². The number of hydrogen-bond donors (Lipinski definition) is 1. The van der Waals surface area contributed by atoms with Gasteiger partial charge in [0, 0.05) is 13.1 Å². The number of carbonyl (C=O) groups is 1. The molecule has 4 nitrogen and oxygen atoms in total. The zero-order chi connectivity index (χ0) is 13.2. The zero-order valence-electron chi connectivity index (χ0n) is 10.9. The van der Waals surface area contributed by atoms with Gasteiger partial charge in [-0.3, -0.25) is 4.79 Å². The molecule has 1 atom stereocenters. The fourth-order valence-corrected chi connectivity index (χ4v) is 2.36. The van der Waals surface area contributed by atoms with Crippen molar-refractivity contribution in [2.24, 2.45) is 5.92 Å². The number of nitrogens with zero attached hydrogens (tertiary/aromatic N) is 1. The molecule has 1 N–H and O–H groups in total. The second-order valence-electron chi connectivity index (χ2n) is 5.44. The van der Waals surface area contributed by atoms with Gasteiger partial charge in [-0.15, -0.1) is 0 Å². The molecule has 0 spiro atoms. The molecule has 1 heterocycles. The van der Waals surface area contributed by atoms with Gasteiger partial charge in [0.05, 0.1) is 18.3 Å². The standard InChI is InChI=1S/C15H19NO3/c17-12-7-8-16(9-12)15(18)13-3-1-2-4-14(13)19-10-11-5-6-11/h1-4,11-12,17H,5-10H2/t12-/m1/s1. The zero-order valence-corrected chi connectivity index (χ0v) is 10.9. The van der Waals surface area contributed by atoms with Gasteiger partial charge in [0.15, 0.2) is 0 Å². The first kappa shape index (κ1) is 12.5. The summed E-state index contributed by atoms with van der Waals surface area (Å²) < 4.78 is 5.76. The Kier molecular flexibility index (Phi) is 3.42. The third-order valence-corrected chi connectivity index (χ3v) is 3.74. The van der Waals surface area contributed by atoms with Crippen molar-refractivity contribution < 1.29 is 14.6 Å². The van der Waals surface area contributed by atoms with Crippen LogP contribution in [0.5, 0.6) is 5.75 Å². The van der Waals surface area contributed by atoms with Crippen LogP contribution in [0.2, 0.25) is 0 Å². The van der Waals surface area contributed by atoms with Gasteiger partial charge < -0.3 is 14.7 Å². The number of likely N-dealkylation sites (tertiary alicyclic amines) is 1. The molecule has 19 heavy (non-hydrogen) atoms. The van der Waals surface area contributed by atoms with E-state index in [1.807, 2.05) is 18.2 Å². The van der Waals surface area contributed by atoms with E-state index in [1.54, 1.807) is 11.0 Å². The second kappa shape index (κ2) is 5.21. The van der Waals surface area contributed by atoms with Crippen molar-refractivity contribution in [3.63, 3.8) is 0 Å². The van der Waals surface area contributed by atoms with Gasteiger partial charge in [0.25, 0.3) is 5.91 Å². The van der Waals surface area contributed by atoms with Crippen LogP contribution in [0.25, 0.3) is 0 Å². The second-order valence-corrected chi connectivity index (χ2v) is 5.44. The number of benzene rings is 1. The van der Waals surface area contributed by atoms with E-state index in [1.165, 1.54) is 12.8 Å². The Morgan fingerprint density at radius 1 is 1.32 bits per heavy atom. The van der Waals surface area contributed by atoms with Gasteiger partial charge in [-0.2, -0.15) is 0 Å². The summed E-state index contributed by atoms with van der Waals surface area (Å²) >= 11 is 0. The predicted molar refractivity (Wildman–Crippen MR) is 71.2 cm³/mol. The number of aliphatic hydroxyl groups is 1.